The molecule has 3 rings (SSSR count). The Morgan fingerprint density at radius 2 is 1.79 bits per heavy atom. The Balaban J connectivity index is 1.49. The third kappa shape index (κ3) is 5.59. The lowest BCUT2D eigenvalue weighted by Crippen LogP contribution is -2.23. The highest BCUT2D eigenvalue weighted by molar-refractivity contribution is 7.18. The number of anilines is 1. The van der Waals surface area contributed by atoms with Crippen LogP contribution in [-0.2, 0) is 14.3 Å². The molecule has 2 aromatic carbocycles. The second-order valence-corrected chi connectivity index (χ2v) is 6.63. The van der Waals surface area contributed by atoms with Crippen molar-refractivity contribution in [1.82, 2.24) is 4.98 Å². The Labute approximate surface area is 169 Å². The molecule has 0 unspecified atom stereocenters. The first-order valence-electron chi connectivity index (χ1n) is 8.36. The molecule has 0 aliphatic heterocycles. The molecule has 29 heavy (non-hydrogen) atoms. The van der Waals surface area contributed by atoms with Crippen molar-refractivity contribution in [2.24, 2.45) is 0 Å². The van der Waals surface area contributed by atoms with Gasteiger partial charge in [-0.15, -0.1) is 0 Å². The molecule has 1 N–H and O–H groups in total. The van der Waals surface area contributed by atoms with E-state index in [0.717, 1.165) is 17.3 Å². The zero-order chi connectivity index (χ0) is 20.6. The summed E-state index contributed by atoms with van der Waals surface area (Å²) in [6.45, 7) is -0.935. The largest absolute Gasteiger partial charge is 0.481 e. The Morgan fingerprint density at radius 1 is 1.07 bits per heavy atom. The number of carbonyl (C=O) groups excluding carboxylic acids is 2. The molecule has 0 radical (unpaired) electrons. The van der Waals surface area contributed by atoms with Gasteiger partial charge in [-0.2, -0.15) is 0 Å². The highest BCUT2D eigenvalue weighted by Gasteiger charge is 2.15. The van der Waals surface area contributed by atoms with Crippen LogP contribution >= 0.6 is 11.3 Å². The minimum atomic E-state index is -0.729. The number of benzene rings is 2. The highest BCUT2D eigenvalue weighted by atomic mass is 32.1. The maximum Gasteiger partial charge on any atom is 0.345 e. The fourth-order valence-corrected chi connectivity index (χ4v) is 2.98. The van der Waals surface area contributed by atoms with Crippen LogP contribution in [0, 0.1) is 10.1 Å². The molecule has 0 atom stereocenters. The van der Waals surface area contributed by atoms with Gasteiger partial charge in [-0.3, -0.25) is 20.2 Å². The predicted octanol–water partition coefficient (Wildman–Crippen LogP) is 3.28. The van der Waals surface area contributed by atoms with Crippen molar-refractivity contribution in [1.29, 1.82) is 0 Å². The average molecular weight is 413 g/mol. The van der Waals surface area contributed by atoms with E-state index < -0.39 is 23.4 Å². The predicted molar refractivity (Wildman–Crippen MR) is 106 cm³/mol. The van der Waals surface area contributed by atoms with Gasteiger partial charge in [-0.25, -0.2) is 9.78 Å². The molecule has 1 aromatic heterocycles. The smallest absolute Gasteiger partial charge is 0.345 e. The molecule has 0 spiro atoms. The maximum atomic E-state index is 11.9. The first-order chi connectivity index (χ1) is 14.0. The summed E-state index contributed by atoms with van der Waals surface area (Å²) in [6.07, 6.45) is 1.03. The molecule has 1 amide bonds. The zero-order valence-corrected chi connectivity index (χ0v) is 15.8. The van der Waals surface area contributed by atoms with Crippen molar-refractivity contribution < 1.29 is 24.0 Å². The van der Waals surface area contributed by atoms with Crippen LogP contribution in [0.5, 0.6) is 5.75 Å². The van der Waals surface area contributed by atoms with Crippen LogP contribution in [0.1, 0.15) is 0 Å². The van der Waals surface area contributed by atoms with Crippen LogP contribution in [0.4, 0.5) is 10.1 Å². The topological polar surface area (TPSA) is 121 Å². The van der Waals surface area contributed by atoms with Crippen molar-refractivity contribution in [2.45, 2.75) is 0 Å². The quantitative estimate of drug-likeness (QED) is 0.342. The molecule has 1 heterocycles. The Hall–Kier alpha value is -3.79. The number of hydrogen-bond acceptors (Lipinski definition) is 8. The first kappa shape index (κ1) is 20.0. The number of amides is 1. The normalized spacial score (nSPS) is 10.2. The molecular weight excluding hydrogens is 398 g/mol. The molecule has 9 nitrogen and oxygen atoms in total. The van der Waals surface area contributed by atoms with E-state index in [1.54, 1.807) is 12.1 Å². The molecule has 10 heteroatoms. The van der Waals surface area contributed by atoms with Gasteiger partial charge in [0.05, 0.1) is 4.92 Å². The number of nitrogens with one attached hydrogen (secondary N) is 1. The molecule has 0 saturated carbocycles. The van der Waals surface area contributed by atoms with Crippen molar-refractivity contribution in [2.75, 3.05) is 18.5 Å². The van der Waals surface area contributed by atoms with E-state index in [1.165, 1.54) is 0 Å². The Morgan fingerprint density at radius 3 is 2.52 bits per heavy atom. The van der Waals surface area contributed by atoms with E-state index in [0.29, 0.717) is 17.1 Å². The van der Waals surface area contributed by atoms with Gasteiger partial charge in [-0.05, 0) is 23.0 Å². The van der Waals surface area contributed by atoms with Crippen LogP contribution in [0.15, 0.2) is 60.8 Å². The first-order valence-corrected chi connectivity index (χ1v) is 9.17. The third-order valence-corrected chi connectivity index (χ3v) is 4.47. The van der Waals surface area contributed by atoms with Crippen molar-refractivity contribution in [3.63, 3.8) is 0 Å². The monoisotopic (exact) mass is 413 g/mol. The number of ether oxygens (including phenoxy) is 2. The van der Waals surface area contributed by atoms with Crippen LogP contribution < -0.4 is 10.1 Å². The van der Waals surface area contributed by atoms with Gasteiger partial charge in [0.15, 0.2) is 18.3 Å². The summed E-state index contributed by atoms with van der Waals surface area (Å²) >= 11 is 0.703. The molecule has 3 aromatic rings. The number of aromatic nitrogens is 1. The molecule has 0 fully saturated rings. The van der Waals surface area contributed by atoms with Crippen molar-refractivity contribution in [3.8, 4) is 16.9 Å². The lowest BCUT2D eigenvalue weighted by Gasteiger charge is -2.11. The summed E-state index contributed by atoms with van der Waals surface area (Å²) in [5.74, 6) is -0.879. The van der Waals surface area contributed by atoms with Gasteiger partial charge in [0.2, 0.25) is 0 Å². The van der Waals surface area contributed by atoms with Gasteiger partial charge in [-0.1, -0.05) is 48.5 Å². The number of thiazole rings is 1. The molecule has 148 valence electrons. The molecule has 0 aliphatic carbocycles. The standard InChI is InChI=1S/C19H15N3O6S/c23-16(21-19-20-10-17(29-19)22(25)26)11-28-18(24)12-27-15-9-5-4-8-14(15)13-6-2-1-3-7-13/h1-10H,11-12H2,(H,20,21,23). The summed E-state index contributed by atoms with van der Waals surface area (Å²) in [7, 11) is 0. The SMILES string of the molecule is O=C(COC(=O)COc1ccccc1-c1ccccc1)Nc1ncc([N+](=O)[O-])s1. The number of para-hydroxylation sites is 1. The number of hydrogen-bond donors (Lipinski definition) is 1. The summed E-state index contributed by atoms with van der Waals surface area (Å²) in [4.78, 5) is 37.3. The van der Waals surface area contributed by atoms with Gasteiger partial charge in [0, 0.05) is 5.56 Å². The van der Waals surface area contributed by atoms with Crippen LogP contribution in [0.3, 0.4) is 0 Å². The fraction of sp³-hybridized carbons (Fsp3) is 0.105. The molecular formula is C19H15N3O6S. The third-order valence-electron chi connectivity index (χ3n) is 3.60. The second kappa shape index (κ2) is 9.42. The lowest BCUT2D eigenvalue weighted by molar-refractivity contribution is -0.380. The highest BCUT2D eigenvalue weighted by Crippen LogP contribution is 2.29. The number of nitro groups is 1. The van der Waals surface area contributed by atoms with Gasteiger partial charge in [0.25, 0.3) is 5.91 Å². The van der Waals surface area contributed by atoms with E-state index >= 15 is 0 Å². The summed E-state index contributed by atoms with van der Waals surface area (Å²) < 4.78 is 10.4. The van der Waals surface area contributed by atoms with Gasteiger partial charge in [0.1, 0.15) is 11.9 Å². The number of esters is 1. The van der Waals surface area contributed by atoms with Crippen LogP contribution in [-0.4, -0.2) is 35.0 Å². The Kier molecular flexibility index (Phi) is 6.48. The Bertz CT molecular complexity index is 1020. The number of nitrogens with zero attached hydrogens (tertiary/aromatic N) is 2. The second-order valence-electron chi connectivity index (χ2n) is 5.62. The maximum absolute atomic E-state index is 11.9. The summed E-state index contributed by atoms with van der Waals surface area (Å²) in [6, 6.07) is 16.8. The molecule has 0 saturated heterocycles. The van der Waals surface area contributed by atoms with Crippen LogP contribution in [0.25, 0.3) is 11.1 Å². The van der Waals surface area contributed by atoms with Crippen molar-refractivity contribution in [3.05, 3.63) is 70.9 Å². The fourth-order valence-electron chi connectivity index (χ4n) is 2.34. The van der Waals surface area contributed by atoms with E-state index in [9.17, 15) is 19.7 Å². The average Bonchev–Trinajstić information content (AvgIpc) is 3.20. The van der Waals surface area contributed by atoms with Crippen LogP contribution in [0.2, 0.25) is 0 Å². The lowest BCUT2D eigenvalue weighted by atomic mass is 10.1. The van der Waals surface area contributed by atoms with E-state index in [4.69, 9.17) is 9.47 Å². The van der Waals surface area contributed by atoms with E-state index in [-0.39, 0.29) is 16.7 Å². The van der Waals surface area contributed by atoms with Crippen molar-refractivity contribution >= 4 is 33.3 Å². The molecule has 0 aliphatic rings. The summed E-state index contributed by atoms with van der Waals surface area (Å²) in [5, 5.41) is 12.8. The minimum Gasteiger partial charge on any atom is -0.481 e. The zero-order valence-electron chi connectivity index (χ0n) is 14.9. The van der Waals surface area contributed by atoms with Gasteiger partial charge < -0.3 is 9.47 Å². The summed E-state index contributed by atoms with van der Waals surface area (Å²) in [5.41, 5.74) is 1.76. The molecule has 0 bridgehead atoms. The van der Waals surface area contributed by atoms with Gasteiger partial charge >= 0.3 is 11.0 Å². The minimum absolute atomic E-state index is 0.0470. The van der Waals surface area contributed by atoms with E-state index in [2.05, 4.69) is 10.3 Å². The van der Waals surface area contributed by atoms with E-state index in [1.807, 2.05) is 42.5 Å². The number of carbonyl (C=O) groups is 2. The number of rotatable bonds is 8.